The van der Waals surface area contributed by atoms with Crippen molar-refractivity contribution >= 4 is 11.8 Å². The third-order valence-corrected chi connectivity index (χ3v) is 3.26. The van der Waals surface area contributed by atoms with E-state index in [1.165, 1.54) is 11.1 Å². The highest BCUT2D eigenvalue weighted by atomic mass is 32.2. The fraction of sp³-hybridized carbons (Fsp3) is 0.583. The highest BCUT2D eigenvalue weighted by Gasteiger charge is 2.02. The molecule has 1 rings (SSSR count). The van der Waals surface area contributed by atoms with Gasteiger partial charge < -0.3 is 10.1 Å². The van der Waals surface area contributed by atoms with E-state index in [0.717, 1.165) is 30.5 Å². The first kappa shape index (κ1) is 13.5. The Morgan fingerprint density at radius 1 is 1.50 bits per heavy atom. The van der Waals surface area contributed by atoms with Crippen LogP contribution in [0.4, 0.5) is 0 Å². The molecular formula is C12H20N2OS. The van der Waals surface area contributed by atoms with Gasteiger partial charge in [0, 0.05) is 25.6 Å². The van der Waals surface area contributed by atoms with Crippen molar-refractivity contribution in [1.29, 1.82) is 0 Å². The van der Waals surface area contributed by atoms with Gasteiger partial charge in [0.25, 0.3) is 0 Å². The number of aromatic nitrogens is 1. The molecule has 1 heterocycles. The molecule has 0 atom stereocenters. The zero-order valence-electron chi connectivity index (χ0n) is 10.2. The Balaban J connectivity index is 2.53. The molecule has 0 saturated heterocycles. The van der Waals surface area contributed by atoms with E-state index in [0.29, 0.717) is 0 Å². The lowest BCUT2D eigenvalue weighted by Gasteiger charge is -2.07. The van der Waals surface area contributed by atoms with Crippen molar-refractivity contribution in [2.45, 2.75) is 25.4 Å². The average Bonchev–Trinajstić information content (AvgIpc) is 2.29. The maximum Gasteiger partial charge on any atom is 0.0990 e. The summed E-state index contributed by atoms with van der Waals surface area (Å²) in [6, 6.07) is 2.20. The van der Waals surface area contributed by atoms with Crippen LogP contribution in [0.2, 0.25) is 0 Å². The summed E-state index contributed by atoms with van der Waals surface area (Å²) in [5.74, 6) is 0.955. The number of pyridine rings is 1. The predicted molar refractivity (Wildman–Crippen MR) is 69.0 cm³/mol. The Morgan fingerprint density at radius 2 is 2.31 bits per heavy atom. The Labute approximate surface area is 102 Å². The molecule has 0 saturated carbocycles. The van der Waals surface area contributed by atoms with Gasteiger partial charge in [-0.1, -0.05) is 13.0 Å². The highest BCUT2D eigenvalue weighted by Crippen LogP contribution is 2.20. The van der Waals surface area contributed by atoms with Crippen molar-refractivity contribution in [1.82, 2.24) is 10.3 Å². The van der Waals surface area contributed by atoms with Gasteiger partial charge in [0.15, 0.2) is 0 Å². The molecule has 1 aromatic heterocycles. The number of aryl methyl sites for hydroxylation is 1. The van der Waals surface area contributed by atoms with Crippen LogP contribution in [0.15, 0.2) is 17.3 Å². The van der Waals surface area contributed by atoms with E-state index in [2.05, 4.69) is 30.2 Å². The molecule has 0 fully saturated rings. The Kier molecular flexibility index (Phi) is 6.45. The number of nitrogens with zero attached hydrogens (tertiary/aromatic N) is 1. The standard InChI is InChI=1S/C12H20N2OS/c1-4-13-8-11-7-10(2)12(14-9-11)16-6-5-15-3/h7,9,13H,4-6,8H2,1-3H3. The van der Waals surface area contributed by atoms with Gasteiger partial charge in [-0.05, 0) is 24.6 Å². The molecule has 4 heteroatoms. The summed E-state index contributed by atoms with van der Waals surface area (Å²) in [6.07, 6.45) is 1.95. The molecule has 0 radical (unpaired) electrons. The minimum atomic E-state index is 0.769. The van der Waals surface area contributed by atoms with E-state index in [1.807, 2.05) is 6.20 Å². The Hall–Kier alpha value is -0.580. The van der Waals surface area contributed by atoms with Crippen LogP contribution >= 0.6 is 11.8 Å². The second kappa shape index (κ2) is 7.65. The van der Waals surface area contributed by atoms with E-state index in [-0.39, 0.29) is 0 Å². The summed E-state index contributed by atoms with van der Waals surface area (Å²) in [7, 11) is 1.72. The summed E-state index contributed by atoms with van der Waals surface area (Å²) in [4.78, 5) is 4.47. The van der Waals surface area contributed by atoms with Crippen LogP contribution in [0.3, 0.4) is 0 Å². The topological polar surface area (TPSA) is 34.2 Å². The molecule has 0 unspecified atom stereocenters. The van der Waals surface area contributed by atoms with Gasteiger partial charge >= 0.3 is 0 Å². The third-order valence-electron chi connectivity index (χ3n) is 2.19. The molecule has 0 aromatic carbocycles. The van der Waals surface area contributed by atoms with Crippen LogP contribution < -0.4 is 5.32 Å². The second-order valence-electron chi connectivity index (χ2n) is 3.59. The van der Waals surface area contributed by atoms with Crippen LogP contribution in [0.25, 0.3) is 0 Å². The highest BCUT2D eigenvalue weighted by molar-refractivity contribution is 7.99. The number of rotatable bonds is 7. The second-order valence-corrected chi connectivity index (χ2v) is 4.67. The first-order chi connectivity index (χ1) is 7.77. The number of methoxy groups -OCH3 is 1. The zero-order valence-corrected chi connectivity index (χ0v) is 11.1. The summed E-state index contributed by atoms with van der Waals surface area (Å²) < 4.78 is 5.02. The minimum absolute atomic E-state index is 0.769. The number of nitrogens with one attached hydrogen (secondary N) is 1. The molecule has 0 aliphatic heterocycles. The monoisotopic (exact) mass is 240 g/mol. The van der Waals surface area contributed by atoms with E-state index < -0.39 is 0 Å². The normalized spacial score (nSPS) is 10.7. The quantitative estimate of drug-likeness (QED) is 0.585. The number of hydrogen-bond donors (Lipinski definition) is 1. The maximum absolute atomic E-state index is 5.02. The molecule has 1 aromatic rings. The van der Waals surface area contributed by atoms with Gasteiger partial charge in [0.05, 0.1) is 11.6 Å². The number of hydrogen-bond acceptors (Lipinski definition) is 4. The summed E-state index contributed by atoms with van der Waals surface area (Å²) in [5.41, 5.74) is 2.49. The van der Waals surface area contributed by atoms with Crippen LogP contribution in [0.1, 0.15) is 18.1 Å². The molecule has 0 amide bonds. The number of thioether (sulfide) groups is 1. The van der Waals surface area contributed by atoms with E-state index in [9.17, 15) is 0 Å². The molecule has 3 nitrogen and oxygen atoms in total. The zero-order chi connectivity index (χ0) is 11.8. The fourth-order valence-corrected chi connectivity index (χ4v) is 2.22. The molecule has 16 heavy (non-hydrogen) atoms. The maximum atomic E-state index is 5.02. The van der Waals surface area contributed by atoms with E-state index in [4.69, 9.17) is 4.74 Å². The van der Waals surface area contributed by atoms with Crippen molar-refractivity contribution < 1.29 is 4.74 Å². The van der Waals surface area contributed by atoms with Gasteiger partial charge in [-0.2, -0.15) is 0 Å². The first-order valence-electron chi connectivity index (χ1n) is 5.56. The van der Waals surface area contributed by atoms with Gasteiger partial charge in [-0.3, -0.25) is 0 Å². The van der Waals surface area contributed by atoms with Crippen LogP contribution in [0, 0.1) is 6.92 Å². The van der Waals surface area contributed by atoms with Crippen LogP contribution in [0.5, 0.6) is 0 Å². The van der Waals surface area contributed by atoms with Crippen molar-refractivity contribution in [3.8, 4) is 0 Å². The molecule has 0 aliphatic carbocycles. The molecule has 0 bridgehead atoms. The molecule has 1 N–H and O–H groups in total. The van der Waals surface area contributed by atoms with Crippen LogP contribution in [-0.4, -0.2) is 31.0 Å². The fourth-order valence-electron chi connectivity index (χ4n) is 1.36. The first-order valence-corrected chi connectivity index (χ1v) is 6.54. The largest absolute Gasteiger partial charge is 0.384 e. The Bertz CT molecular complexity index is 318. The lowest BCUT2D eigenvalue weighted by molar-refractivity contribution is 0.218. The smallest absolute Gasteiger partial charge is 0.0990 e. The van der Waals surface area contributed by atoms with Gasteiger partial charge in [0.2, 0.25) is 0 Å². The summed E-state index contributed by atoms with van der Waals surface area (Å²) >= 11 is 1.75. The Morgan fingerprint density at radius 3 is 2.94 bits per heavy atom. The average molecular weight is 240 g/mol. The van der Waals surface area contributed by atoms with Gasteiger partial charge in [-0.25, -0.2) is 4.98 Å². The van der Waals surface area contributed by atoms with Crippen LogP contribution in [-0.2, 0) is 11.3 Å². The predicted octanol–water partition coefficient (Wildman–Crippen LogP) is 2.24. The van der Waals surface area contributed by atoms with Gasteiger partial charge in [-0.15, -0.1) is 11.8 Å². The van der Waals surface area contributed by atoms with Crippen molar-refractivity contribution in [2.75, 3.05) is 26.0 Å². The molecular weight excluding hydrogens is 220 g/mol. The minimum Gasteiger partial charge on any atom is -0.384 e. The van der Waals surface area contributed by atoms with Crippen molar-refractivity contribution in [2.24, 2.45) is 0 Å². The SMILES string of the molecule is CCNCc1cnc(SCCOC)c(C)c1. The lowest BCUT2D eigenvalue weighted by Crippen LogP contribution is -2.12. The molecule has 0 spiro atoms. The van der Waals surface area contributed by atoms with E-state index in [1.54, 1.807) is 18.9 Å². The molecule has 0 aliphatic rings. The number of ether oxygens (including phenoxy) is 1. The molecule has 90 valence electrons. The van der Waals surface area contributed by atoms with Crippen molar-refractivity contribution in [3.05, 3.63) is 23.4 Å². The summed E-state index contributed by atoms with van der Waals surface area (Å²) in [5, 5.41) is 4.41. The van der Waals surface area contributed by atoms with Gasteiger partial charge in [0.1, 0.15) is 0 Å². The van der Waals surface area contributed by atoms with E-state index >= 15 is 0 Å². The lowest BCUT2D eigenvalue weighted by atomic mass is 10.2. The van der Waals surface area contributed by atoms with Crippen molar-refractivity contribution in [3.63, 3.8) is 0 Å². The third kappa shape index (κ3) is 4.51. The summed E-state index contributed by atoms with van der Waals surface area (Å²) in [6.45, 7) is 6.87.